The maximum atomic E-state index is 10.2. The number of carbonyl (C=O) groups is 2. The first-order valence-electron chi connectivity index (χ1n) is 12.6. The van der Waals surface area contributed by atoms with Crippen LogP contribution in [0.3, 0.4) is 0 Å². The number of rotatable bonds is 11. The Hall–Kier alpha value is -2.38. The van der Waals surface area contributed by atoms with Gasteiger partial charge in [-0.3, -0.25) is 9.59 Å². The van der Waals surface area contributed by atoms with Crippen LogP contribution in [0.4, 0.5) is 0 Å². The lowest BCUT2D eigenvalue weighted by Crippen LogP contribution is -2.23. The summed E-state index contributed by atoms with van der Waals surface area (Å²) in [6.45, 7) is 1.90. The van der Waals surface area contributed by atoms with Gasteiger partial charge in [-0.25, -0.2) is 19.6 Å². The molecule has 0 aliphatic heterocycles. The van der Waals surface area contributed by atoms with Crippen molar-refractivity contribution in [2.45, 2.75) is 122 Å². The molecule has 2 fully saturated rings. The average Bonchev–Trinajstić information content (AvgIpc) is 2.80. The zero-order chi connectivity index (χ0) is 26.5. The molecule has 10 nitrogen and oxygen atoms in total. The van der Waals surface area contributed by atoms with E-state index < -0.39 is 18.2 Å². The summed E-state index contributed by atoms with van der Waals surface area (Å²) in [6.07, 6.45) is 14.9. The van der Waals surface area contributed by atoms with Gasteiger partial charge in [-0.05, 0) is 88.9 Å². The van der Waals surface area contributed by atoms with Crippen LogP contribution in [0, 0.1) is 11.8 Å². The number of aliphatic hydroxyl groups excluding tert-OH is 1. The Kier molecular flexibility index (Phi) is 19.5. The average molecular weight is 499 g/mol. The van der Waals surface area contributed by atoms with E-state index in [9.17, 15) is 19.2 Å². The fraction of sp³-hybridized carbons (Fsp3) is 0.840. The van der Waals surface area contributed by atoms with E-state index in [0.717, 1.165) is 43.9 Å². The third-order valence-corrected chi connectivity index (χ3v) is 6.35. The van der Waals surface area contributed by atoms with Crippen molar-refractivity contribution >= 4 is 24.1 Å². The number of hydrogen-bond acceptors (Lipinski definition) is 8. The summed E-state index contributed by atoms with van der Waals surface area (Å²) in [6, 6.07) is 0.456. The van der Waals surface area contributed by atoms with E-state index in [2.05, 4.69) is 9.98 Å². The van der Waals surface area contributed by atoms with Gasteiger partial charge in [0.15, 0.2) is 6.29 Å². The lowest BCUT2D eigenvalue weighted by Gasteiger charge is -2.31. The fourth-order valence-corrected chi connectivity index (χ4v) is 4.45. The molecule has 2 aliphatic rings. The van der Waals surface area contributed by atoms with Crippen LogP contribution in [0.25, 0.3) is 0 Å². The molecular weight excluding hydrogens is 456 g/mol. The minimum Gasteiger partial charge on any atom is -0.481 e. The third-order valence-electron chi connectivity index (χ3n) is 6.35. The van der Waals surface area contributed by atoms with Gasteiger partial charge in [-0.15, -0.1) is 0 Å². The van der Waals surface area contributed by atoms with Crippen LogP contribution in [0.15, 0.2) is 9.98 Å². The van der Waals surface area contributed by atoms with Crippen LogP contribution < -0.4 is 0 Å². The molecule has 2 rings (SSSR count). The lowest BCUT2D eigenvalue weighted by atomic mass is 9.76. The fourth-order valence-electron chi connectivity index (χ4n) is 4.45. The van der Waals surface area contributed by atoms with Gasteiger partial charge in [0.2, 0.25) is 12.2 Å². The Labute approximate surface area is 207 Å². The van der Waals surface area contributed by atoms with E-state index in [4.69, 9.17) is 20.4 Å². The van der Waals surface area contributed by atoms with Crippen LogP contribution >= 0.6 is 0 Å². The van der Waals surface area contributed by atoms with Crippen molar-refractivity contribution in [3.05, 3.63) is 0 Å². The Morgan fingerprint density at radius 1 is 0.771 bits per heavy atom. The van der Waals surface area contributed by atoms with E-state index in [1.165, 1.54) is 32.1 Å². The molecule has 0 spiro atoms. The molecule has 0 amide bonds. The first-order chi connectivity index (χ1) is 16.7. The highest BCUT2D eigenvalue weighted by Gasteiger charge is 2.26. The minimum absolute atomic E-state index is 0.0628. The van der Waals surface area contributed by atoms with Gasteiger partial charge in [-0.1, -0.05) is 13.3 Å². The molecule has 2 saturated carbocycles. The number of aliphatic hydroxyl groups is 2. The number of carbonyl (C=O) groups excluding carboxylic acids is 2. The Balaban J connectivity index is 0.000000606. The number of isocyanates is 2. The van der Waals surface area contributed by atoms with Gasteiger partial charge in [-0.2, -0.15) is 0 Å². The van der Waals surface area contributed by atoms with E-state index in [1.807, 2.05) is 6.92 Å². The van der Waals surface area contributed by atoms with Crippen molar-refractivity contribution in [1.82, 2.24) is 0 Å². The maximum Gasteiger partial charge on any atom is 0.303 e. The first-order valence-corrected chi connectivity index (χ1v) is 12.6. The zero-order valence-corrected chi connectivity index (χ0v) is 20.8. The number of aliphatic carboxylic acids is 2. The summed E-state index contributed by atoms with van der Waals surface area (Å²) >= 11 is 0. The van der Waals surface area contributed by atoms with Crippen LogP contribution in [-0.4, -0.2) is 62.9 Å². The molecule has 0 aromatic rings. The minimum atomic E-state index is -1.10. The van der Waals surface area contributed by atoms with Gasteiger partial charge < -0.3 is 20.4 Å². The highest BCUT2D eigenvalue weighted by Crippen LogP contribution is 2.36. The second kappa shape index (κ2) is 20.9. The molecule has 0 saturated heterocycles. The molecule has 0 heterocycles. The van der Waals surface area contributed by atoms with Crippen molar-refractivity contribution in [1.29, 1.82) is 0 Å². The van der Waals surface area contributed by atoms with Gasteiger partial charge in [0.05, 0.1) is 12.1 Å². The second-order valence-corrected chi connectivity index (χ2v) is 9.29. The van der Waals surface area contributed by atoms with Gasteiger partial charge in [0.1, 0.15) is 0 Å². The number of aliphatic imine (C=N–C) groups is 2. The molecule has 0 aromatic heterocycles. The van der Waals surface area contributed by atoms with Crippen LogP contribution in [-0.2, 0) is 19.2 Å². The van der Waals surface area contributed by atoms with E-state index in [-0.39, 0.29) is 24.9 Å². The molecule has 0 atom stereocenters. The molecule has 4 N–H and O–H groups in total. The molecular formula is C25H42N2O8. The normalized spacial score (nSPS) is 23.3. The monoisotopic (exact) mass is 498 g/mol. The van der Waals surface area contributed by atoms with Crippen molar-refractivity contribution in [3.8, 4) is 0 Å². The van der Waals surface area contributed by atoms with E-state index in [0.29, 0.717) is 19.3 Å². The Morgan fingerprint density at radius 3 is 1.37 bits per heavy atom. The molecule has 0 bridgehead atoms. The largest absolute Gasteiger partial charge is 0.481 e. The first kappa shape index (κ1) is 32.6. The number of hydrogen-bond donors (Lipinski definition) is 4. The molecule has 0 unspecified atom stereocenters. The summed E-state index contributed by atoms with van der Waals surface area (Å²) in [5.41, 5.74) is 0. The predicted octanol–water partition coefficient (Wildman–Crippen LogP) is 3.98. The number of nitrogens with zero attached hydrogens (tertiary/aromatic N) is 2. The SMILES string of the molecule is CCCC(O)O.O=C(O)CCCCC(=O)O.O=C=NC1CCC(CC2CCC(N=C=O)CC2)CC1. The molecule has 200 valence electrons. The van der Waals surface area contributed by atoms with Gasteiger partial charge in [0.25, 0.3) is 0 Å². The highest BCUT2D eigenvalue weighted by atomic mass is 16.5. The van der Waals surface area contributed by atoms with Crippen molar-refractivity contribution in [2.75, 3.05) is 0 Å². The number of carboxylic acid groups (broad SMARTS) is 2. The van der Waals surface area contributed by atoms with Crippen molar-refractivity contribution in [2.24, 2.45) is 21.8 Å². The molecule has 35 heavy (non-hydrogen) atoms. The van der Waals surface area contributed by atoms with Gasteiger partial charge >= 0.3 is 11.9 Å². The Bertz CT molecular complexity index is 619. The predicted molar refractivity (Wildman–Crippen MR) is 129 cm³/mol. The standard InChI is InChI=1S/C15H22N2O2.C6H10O4.C4H10O2/c18-10-16-14-5-1-12(2-6-14)9-13-3-7-15(8-4-13)17-11-19;7-5(8)3-1-2-4-6(9)10;1-2-3-4(5)6/h12-15H,1-9H2;1-4H2,(H,7,8)(H,9,10);4-6H,2-3H2,1H3. The van der Waals surface area contributed by atoms with Crippen LogP contribution in [0.2, 0.25) is 0 Å². The Morgan fingerprint density at radius 2 is 1.14 bits per heavy atom. The summed E-state index contributed by atoms with van der Waals surface area (Å²) in [5, 5.41) is 32.5. The highest BCUT2D eigenvalue weighted by molar-refractivity contribution is 5.67. The van der Waals surface area contributed by atoms with Crippen LogP contribution in [0.1, 0.15) is 103 Å². The molecule has 10 heteroatoms. The van der Waals surface area contributed by atoms with Crippen molar-refractivity contribution in [3.63, 3.8) is 0 Å². The summed E-state index contributed by atoms with van der Waals surface area (Å²) in [4.78, 5) is 47.9. The molecule has 0 aromatic carbocycles. The third kappa shape index (κ3) is 19.6. The van der Waals surface area contributed by atoms with E-state index in [1.54, 1.807) is 12.2 Å². The smallest absolute Gasteiger partial charge is 0.303 e. The number of carboxylic acids is 2. The van der Waals surface area contributed by atoms with Gasteiger partial charge in [0, 0.05) is 12.8 Å². The lowest BCUT2D eigenvalue weighted by molar-refractivity contribution is -0.139. The summed E-state index contributed by atoms with van der Waals surface area (Å²) < 4.78 is 0. The second-order valence-electron chi connectivity index (χ2n) is 9.29. The van der Waals surface area contributed by atoms with Crippen molar-refractivity contribution < 1.29 is 39.6 Å². The molecule has 0 radical (unpaired) electrons. The summed E-state index contributed by atoms with van der Waals surface area (Å²) in [7, 11) is 0. The molecule has 2 aliphatic carbocycles. The number of unbranched alkanes of at least 4 members (excludes halogenated alkanes) is 1. The quantitative estimate of drug-likeness (QED) is 0.143. The summed E-state index contributed by atoms with van der Waals surface area (Å²) in [5.74, 6) is -0.140. The van der Waals surface area contributed by atoms with Crippen LogP contribution in [0.5, 0.6) is 0 Å². The topological polar surface area (TPSA) is 174 Å². The maximum absolute atomic E-state index is 10.2. The zero-order valence-electron chi connectivity index (χ0n) is 20.8. The van der Waals surface area contributed by atoms with E-state index >= 15 is 0 Å².